The molecule has 1 aromatic heterocycles. The molecule has 0 bridgehead atoms. The molecule has 0 spiro atoms. The molecular formula is C22H18N3O3+. The fourth-order valence-corrected chi connectivity index (χ4v) is 4.26. The zero-order chi connectivity index (χ0) is 19.4. The van der Waals surface area contributed by atoms with Crippen LogP contribution in [0.25, 0.3) is 5.76 Å². The van der Waals surface area contributed by atoms with Crippen molar-refractivity contribution in [2.24, 2.45) is 0 Å². The summed E-state index contributed by atoms with van der Waals surface area (Å²) in [5.41, 5.74) is 3.39. The molecular weight excluding hydrogens is 354 g/mol. The highest BCUT2D eigenvalue weighted by Gasteiger charge is 2.43. The fraction of sp³-hybridized carbons (Fsp3) is 0.136. The second kappa shape index (κ2) is 5.92. The van der Waals surface area contributed by atoms with Crippen LogP contribution < -0.4 is 16.2 Å². The Bertz CT molecular complexity index is 1300. The molecule has 6 heteroatoms. The number of nitrogens with zero attached hydrogens (tertiary/aromatic N) is 1. The number of benzene rings is 2. The molecule has 1 aliphatic carbocycles. The van der Waals surface area contributed by atoms with Crippen molar-refractivity contribution >= 4 is 17.3 Å². The molecule has 5 rings (SSSR count). The number of nitrogens with one attached hydrogen (secondary N) is 2. The van der Waals surface area contributed by atoms with Crippen LogP contribution in [0.1, 0.15) is 35.1 Å². The second-order valence-corrected chi connectivity index (χ2v) is 6.92. The van der Waals surface area contributed by atoms with E-state index in [1.165, 1.54) is 4.57 Å². The van der Waals surface area contributed by atoms with E-state index in [1.807, 2.05) is 61.5 Å². The van der Waals surface area contributed by atoms with Gasteiger partial charge in [-0.15, -0.1) is 0 Å². The van der Waals surface area contributed by atoms with Crippen LogP contribution in [-0.2, 0) is 6.54 Å². The zero-order valence-electron chi connectivity index (χ0n) is 15.2. The minimum Gasteiger partial charge on any atom is -0.507 e. The van der Waals surface area contributed by atoms with Crippen LogP contribution in [0.3, 0.4) is 0 Å². The number of hydrogen-bond donors (Lipinski definition) is 3. The monoisotopic (exact) mass is 372 g/mol. The van der Waals surface area contributed by atoms with Gasteiger partial charge in [0.05, 0.1) is 18.0 Å². The molecule has 0 saturated heterocycles. The lowest BCUT2D eigenvalue weighted by atomic mass is 9.81. The highest BCUT2D eigenvalue weighted by molar-refractivity contribution is 6.21. The minimum atomic E-state index is -0.484. The Kier molecular flexibility index (Phi) is 3.49. The number of rotatable bonds is 2. The fourth-order valence-electron chi connectivity index (χ4n) is 4.26. The first-order valence-corrected chi connectivity index (χ1v) is 9.21. The van der Waals surface area contributed by atoms with E-state index in [1.54, 1.807) is 0 Å². The molecule has 0 amide bonds. The molecule has 2 aromatic carbocycles. The van der Waals surface area contributed by atoms with Crippen molar-refractivity contribution in [3.8, 4) is 0 Å². The van der Waals surface area contributed by atoms with E-state index >= 15 is 0 Å². The Balaban J connectivity index is 1.94. The largest absolute Gasteiger partial charge is 0.507 e. The van der Waals surface area contributed by atoms with E-state index in [4.69, 9.17) is 0 Å². The number of H-pyrrole nitrogens is 1. The third-order valence-electron chi connectivity index (χ3n) is 5.48. The molecule has 2 aliphatic rings. The maximum atomic E-state index is 12.9. The van der Waals surface area contributed by atoms with E-state index in [2.05, 4.69) is 9.98 Å². The van der Waals surface area contributed by atoms with Crippen LogP contribution in [0.15, 0.2) is 69.8 Å². The molecule has 138 valence electrons. The Labute approximate surface area is 160 Å². The molecule has 3 N–H and O–H groups in total. The minimum absolute atomic E-state index is 0.159. The van der Waals surface area contributed by atoms with Crippen LogP contribution >= 0.6 is 0 Å². The van der Waals surface area contributed by atoms with Gasteiger partial charge in [-0.2, -0.15) is 4.57 Å². The molecule has 28 heavy (non-hydrogen) atoms. The normalized spacial score (nSPS) is 17.0. The molecule has 2 heterocycles. The van der Waals surface area contributed by atoms with E-state index in [0.29, 0.717) is 23.5 Å². The van der Waals surface area contributed by atoms with Gasteiger partial charge in [-0.1, -0.05) is 48.5 Å². The number of fused-ring (bicyclic) bond motifs is 4. The molecule has 0 saturated carbocycles. The number of aromatic nitrogens is 2. The van der Waals surface area contributed by atoms with E-state index in [0.717, 1.165) is 22.4 Å². The van der Waals surface area contributed by atoms with Crippen molar-refractivity contribution in [3.63, 3.8) is 0 Å². The Morgan fingerprint density at radius 1 is 1.04 bits per heavy atom. The third kappa shape index (κ3) is 2.11. The molecule has 1 aliphatic heterocycles. The highest BCUT2D eigenvalue weighted by atomic mass is 16.3. The van der Waals surface area contributed by atoms with Crippen LogP contribution in [0, 0.1) is 0 Å². The van der Waals surface area contributed by atoms with Crippen molar-refractivity contribution in [2.45, 2.75) is 19.4 Å². The van der Waals surface area contributed by atoms with Crippen LogP contribution in [-0.4, -0.2) is 20.4 Å². The summed E-state index contributed by atoms with van der Waals surface area (Å²) in [5, 5.41) is 11.0. The maximum absolute atomic E-state index is 12.9. The molecule has 3 aromatic rings. The SMILES string of the molecule is CCn1c2c(c(=O)[nH]c1=O)C(c1ccccc1)C1=C(O)c3ccccc3C1=[NH+]2. The molecule has 0 radical (unpaired) electrons. The summed E-state index contributed by atoms with van der Waals surface area (Å²) in [6, 6.07) is 17.1. The maximum Gasteiger partial charge on any atom is 0.415 e. The summed E-state index contributed by atoms with van der Waals surface area (Å²) in [4.78, 5) is 31.0. The Morgan fingerprint density at radius 3 is 2.43 bits per heavy atom. The van der Waals surface area contributed by atoms with Gasteiger partial charge >= 0.3 is 5.69 Å². The lowest BCUT2D eigenvalue weighted by Crippen LogP contribution is -2.72. The van der Waals surface area contributed by atoms with Gasteiger partial charge in [0, 0.05) is 11.1 Å². The van der Waals surface area contributed by atoms with Gasteiger partial charge in [-0.3, -0.25) is 9.78 Å². The first-order valence-electron chi connectivity index (χ1n) is 9.21. The Hall–Kier alpha value is -3.67. The topological polar surface area (TPSA) is 89.1 Å². The quantitative estimate of drug-likeness (QED) is 0.631. The summed E-state index contributed by atoms with van der Waals surface area (Å²) >= 11 is 0. The van der Waals surface area contributed by atoms with E-state index in [-0.39, 0.29) is 5.76 Å². The van der Waals surface area contributed by atoms with Gasteiger partial charge in [-0.05, 0) is 18.6 Å². The predicted octanol–water partition coefficient (Wildman–Crippen LogP) is 1.19. The van der Waals surface area contributed by atoms with Gasteiger partial charge in [0.15, 0.2) is 0 Å². The standard InChI is InChI=1S/C22H17N3O3/c1-2-25-20-17(21(27)24-22(25)28)15(12-8-4-3-5-9-12)16-18(23-20)13-10-6-7-11-14(13)19(16)26/h3-11,15,26H,2H2,1H3,(H,24,27,28)/p+1. The van der Waals surface area contributed by atoms with Gasteiger partial charge in [-0.25, -0.2) is 9.79 Å². The smallest absolute Gasteiger partial charge is 0.415 e. The Morgan fingerprint density at radius 2 is 1.71 bits per heavy atom. The van der Waals surface area contributed by atoms with Gasteiger partial charge in [0.2, 0.25) is 0 Å². The van der Waals surface area contributed by atoms with Crippen LogP contribution in [0.4, 0.5) is 5.82 Å². The first kappa shape index (κ1) is 16.5. The first-order chi connectivity index (χ1) is 13.6. The summed E-state index contributed by atoms with van der Waals surface area (Å²) in [6.07, 6.45) is 0. The zero-order valence-corrected chi connectivity index (χ0v) is 15.2. The van der Waals surface area contributed by atoms with E-state index in [9.17, 15) is 14.7 Å². The predicted molar refractivity (Wildman–Crippen MR) is 106 cm³/mol. The summed E-state index contributed by atoms with van der Waals surface area (Å²) < 4.78 is 1.52. The molecule has 0 fully saturated rings. The molecule has 1 unspecified atom stereocenters. The lowest BCUT2D eigenvalue weighted by molar-refractivity contribution is -0.364. The number of allylic oxidation sites excluding steroid dienone is 1. The van der Waals surface area contributed by atoms with Gasteiger partial charge in [0.25, 0.3) is 11.4 Å². The second-order valence-electron chi connectivity index (χ2n) is 6.92. The van der Waals surface area contributed by atoms with Crippen molar-refractivity contribution in [2.75, 3.05) is 0 Å². The number of aliphatic hydroxyl groups excluding tert-OH is 1. The third-order valence-corrected chi connectivity index (χ3v) is 5.48. The lowest BCUT2D eigenvalue weighted by Gasteiger charge is -2.23. The number of aliphatic hydroxyl groups is 1. The van der Waals surface area contributed by atoms with Crippen molar-refractivity contribution < 1.29 is 10.1 Å². The average Bonchev–Trinajstić information content (AvgIpc) is 3.00. The average molecular weight is 372 g/mol. The highest BCUT2D eigenvalue weighted by Crippen LogP contribution is 2.43. The van der Waals surface area contributed by atoms with Crippen LogP contribution in [0.2, 0.25) is 0 Å². The van der Waals surface area contributed by atoms with Crippen molar-refractivity contribution in [1.82, 2.24) is 9.55 Å². The van der Waals surface area contributed by atoms with Crippen LogP contribution in [0.5, 0.6) is 0 Å². The van der Waals surface area contributed by atoms with Crippen molar-refractivity contribution in [3.05, 3.63) is 103 Å². The van der Waals surface area contributed by atoms with Crippen molar-refractivity contribution in [1.29, 1.82) is 0 Å². The summed E-state index contributed by atoms with van der Waals surface area (Å²) in [7, 11) is 0. The summed E-state index contributed by atoms with van der Waals surface area (Å²) in [5.74, 6) is 0.154. The number of aromatic amines is 1. The molecule has 1 atom stereocenters. The molecule has 6 nitrogen and oxygen atoms in total. The van der Waals surface area contributed by atoms with Gasteiger partial charge in [0.1, 0.15) is 17.0 Å². The number of hydrogen-bond acceptors (Lipinski definition) is 3. The summed E-state index contributed by atoms with van der Waals surface area (Å²) in [6.45, 7) is 2.27. The van der Waals surface area contributed by atoms with Gasteiger partial charge < -0.3 is 5.11 Å². The van der Waals surface area contributed by atoms with E-state index < -0.39 is 17.2 Å².